The first kappa shape index (κ1) is 18.8. The van der Waals surface area contributed by atoms with Gasteiger partial charge >= 0.3 is 0 Å². The molecule has 1 aromatic heterocycles. The van der Waals surface area contributed by atoms with Gasteiger partial charge in [-0.3, -0.25) is 9.48 Å². The van der Waals surface area contributed by atoms with Crippen molar-refractivity contribution in [3.63, 3.8) is 0 Å². The summed E-state index contributed by atoms with van der Waals surface area (Å²) >= 11 is 6.35. The molecule has 2 aromatic rings. The van der Waals surface area contributed by atoms with Gasteiger partial charge in [0.05, 0.1) is 12.2 Å². The van der Waals surface area contributed by atoms with E-state index in [-0.39, 0.29) is 12.5 Å². The molecule has 0 saturated heterocycles. The fourth-order valence-corrected chi connectivity index (χ4v) is 2.55. The molecule has 2 rings (SSSR count). The zero-order valence-corrected chi connectivity index (χ0v) is 15.5. The van der Waals surface area contributed by atoms with Gasteiger partial charge in [0.2, 0.25) is 5.91 Å². The highest BCUT2D eigenvalue weighted by Gasteiger charge is 2.12. The van der Waals surface area contributed by atoms with Crippen molar-refractivity contribution < 1.29 is 4.79 Å². The van der Waals surface area contributed by atoms with E-state index in [9.17, 15) is 4.79 Å². The van der Waals surface area contributed by atoms with Crippen molar-refractivity contribution in [1.82, 2.24) is 15.1 Å². The van der Waals surface area contributed by atoms with E-state index in [2.05, 4.69) is 36.1 Å². The number of rotatable bonds is 5. The normalized spacial score (nSPS) is 10.8. The van der Waals surface area contributed by atoms with E-state index < -0.39 is 0 Å². The molecule has 5 heteroatoms. The highest BCUT2D eigenvalue weighted by molar-refractivity contribution is 6.31. The summed E-state index contributed by atoms with van der Waals surface area (Å²) in [4.78, 5) is 11.9. The second-order valence-corrected chi connectivity index (χ2v) is 6.44. The van der Waals surface area contributed by atoms with Gasteiger partial charge in [-0.2, -0.15) is 5.10 Å². The van der Waals surface area contributed by atoms with Gasteiger partial charge in [0.1, 0.15) is 5.15 Å². The van der Waals surface area contributed by atoms with Crippen molar-refractivity contribution in [2.24, 2.45) is 5.92 Å². The zero-order valence-electron chi connectivity index (χ0n) is 14.7. The number of aryl methyl sites for hydroxylation is 1. The maximum absolute atomic E-state index is 11.9. The van der Waals surface area contributed by atoms with Crippen molar-refractivity contribution in [1.29, 1.82) is 0 Å². The van der Waals surface area contributed by atoms with Gasteiger partial charge in [-0.1, -0.05) is 55.5 Å². The summed E-state index contributed by atoms with van der Waals surface area (Å²) in [7, 11) is 0. The Bertz CT molecular complexity index is 811. The van der Waals surface area contributed by atoms with Crippen LogP contribution in [0.3, 0.4) is 0 Å². The molecule has 0 radical (unpaired) electrons. The summed E-state index contributed by atoms with van der Waals surface area (Å²) in [6, 6.07) is 9.64. The van der Waals surface area contributed by atoms with Crippen LogP contribution in [0.25, 0.3) is 6.08 Å². The van der Waals surface area contributed by atoms with Crippen molar-refractivity contribution in [3.8, 4) is 11.8 Å². The van der Waals surface area contributed by atoms with Crippen LogP contribution in [0.2, 0.25) is 5.15 Å². The summed E-state index contributed by atoms with van der Waals surface area (Å²) in [5.74, 6) is 6.14. The third kappa shape index (κ3) is 5.81. The summed E-state index contributed by atoms with van der Waals surface area (Å²) in [5.41, 5.74) is 2.50. The zero-order chi connectivity index (χ0) is 18.2. The number of hydrogen-bond donors (Lipinski definition) is 1. The molecule has 0 bridgehead atoms. The Morgan fingerprint density at radius 2 is 2.08 bits per heavy atom. The molecule has 0 unspecified atom stereocenters. The van der Waals surface area contributed by atoms with Gasteiger partial charge in [-0.25, -0.2) is 0 Å². The van der Waals surface area contributed by atoms with Gasteiger partial charge in [0.15, 0.2) is 0 Å². The van der Waals surface area contributed by atoms with Gasteiger partial charge in [0, 0.05) is 23.7 Å². The van der Waals surface area contributed by atoms with E-state index in [4.69, 9.17) is 11.6 Å². The molecule has 25 heavy (non-hydrogen) atoms. The topological polar surface area (TPSA) is 46.9 Å². The molecular formula is C20H22ClN3O. The highest BCUT2D eigenvalue weighted by Crippen LogP contribution is 2.22. The van der Waals surface area contributed by atoms with E-state index in [1.807, 2.05) is 37.3 Å². The molecule has 0 spiro atoms. The van der Waals surface area contributed by atoms with Crippen LogP contribution in [-0.2, 0) is 11.3 Å². The largest absolute Gasteiger partial charge is 0.342 e. The SMILES string of the molecule is Cc1nn(CC(C)C)c(Cl)c1/C=C/C(=O)NCC#Cc1ccccc1. The Balaban J connectivity index is 1.92. The maximum atomic E-state index is 11.9. The van der Waals surface area contributed by atoms with Crippen molar-refractivity contribution in [2.45, 2.75) is 27.3 Å². The molecule has 1 heterocycles. The highest BCUT2D eigenvalue weighted by atomic mass is 35.5. The van der Waals surface area contributed by atoms with Gasteiger partial charge in [-0.15, -0.1) is 0 Å². The lowest BCUT2D eigenvalue weighted by Crippen LogP contribution is -2.20. The Morgan fingerprint density at radius 1 is 1.36 bits per heavy atom. The summed E-state index contributed by atoms with van der Waals surface area (Å²) in [5, 5.41) is 7.70. The minimum atomic E-state index is -0.213. The molecule has 1 aromatic carbocycles. The van der Waals surface area contributed by atoms with Crippen LogP contribution in [0.4, 0.5) is 0 Å². The molecule has 0 aliphatic rings. The number of aromatic nitrogens is 2. The second kappa shape index (κ2) is 9.10. The lowest BCUT2D eigenvalue weighted by molar-refractivity contribution is -0.116. The number of nitrogens with one attached hydrogen (secondary N) is 1. The lowest BCUT2D eigenvalue weighted by atomic mass is 10.2. The first-order valence-electron chi connectivity index (χ1n) is 8.20. The predicted molar refractivity (Wildman–Crippen MR) is 102 cm³/mol. The van der Waals surface area contributed by atoms with E-state index in [1.165, 1.54) is 6.08 Å². The number of benzene rings is 1. The molecule has 0 atom stereocenters. The fourth-order valence-electron chi connectivity index (χ4n) is 2.24. The molecule has 4 nitrogen and oxygen atoms in total. The van der Waals surface area contributed by atoms with E-state index in [0.29, 0.717) is 11.1 Å². The van der Waals surface area contributed by atoms with E-state index in [1.54, 1.807) is 10.8 Å². The minimum Gasteiger partial charge on any atom is -0.342 e. The van der Waals surface area contributed by atoms with Crippen LogP contribution < -0.4 is 5.32 Å². The van der Waals surface area contributed by atoms with Crippen LogP contribution in [0.15, 0.2) is 36.4 Å². The van der Waals surface area contributed by atoms with Crippen LogP contribution in [0.5, 0.6) is 0 Å². The van der Waals surface area contributed by atoms with Crippen molar-refractivity contribution in [3.05, 3.63) is 58.4 Å². The standard InChI is InChI=1S/C20H22ClN3O/c1-15(2)14-24-20(21)18(16(3)23-24)11-12-19(25)22-13-7-10-17-8-5-4-6-9-17/h4-6,8-9,11-12,15H,13-14H2,1-3H3,(H,22,25)/b12-11+. The molecule has 1 N–H and O–H groups in total. The smallest absolute Gasteiger partial charge is 0.244 e. The minimum absolute atomic E-state index is 0.213. The Hall–Kier alpha value is -2.51. The third-order valence-corrected chi connectivity index (χ3v) is 3.81. The van der Waals surface area contributed by atoms with Crippen LogP contribution in [0.1, 0.15) is 30.7 Å². The van der Waals surface area contributed by atoms with Crippen LogP contribution in [-0.4, -0.2) is 22.2 Å². The second-order valence-electron chi connectivity index (χ2n) is 6.08. The van der Waals surface area contributed by atoms with Crippen molar-refractivity contribution in [2.75, 3.05) is 6.54 Å². The number of halogens is 1. The lowest BCUT2D eigenvalue weighted by Gasteiger charge is -2.05. The number of amides is 1. The number of nitrogens with zero attached hydrogens (tertiary/aromatic N) is 2. The predicted octanol–water partition coefficient (Wildman–Crippen LogP) is 3.68. The average molecular weight is 356 g/mol. The Labute approximate surface area is 153 Å². The molecule has 0 fully saturated rings. The molecule has 0 aliphatic heterocycles. The van der Waals surface area contributed by atoms with Gasteiger partial charge in [-0.05, 0) is 31.1 Å². The molecule has 0 saturated carbocycles. The molecule has 1 amide bonds. The van der Waals surface area contributed by atoms with Crippen LogP contribution >= 0.6 is 11.6 Å². The van der Waals surface area contributed by atoms with Gasteiger partial charge in [0.25, 0.3) is 0 Å². The molecular weight excluding hydrogens is 334 g/mol. The fraction of sp³-hybridized carbons (Fsp3) is 0.300. The quantitative estimate of drug-likeness (QED) is 0.657. The summed E-state index contributed by atoms with van der Waals surface area (Å²) in [6.07, 6.45) is 3.15. The number of carbonyl (C=O) groups is 1. The first-order chi connectivity index (χ1) is 12.0. The third-order valence-electron chi connectivity index (χ3n) is 3.41. The first-order valence-corrected chi connectivity index (χ1v) is 8.58. The summed E-state index contributed by atoms with van der Waals surface area (Å²) < 4.78 is 1.77. The van der Waals surface area contributed by atoms with Crippen molar-refractivity contribution >= 4 is 23.6 Å². The van der Waals surface area contributed by atoms with Crippen LogP contribution in [0, 0.1) is 24.7 Å². The monoisotopic (exact) mass is 355 g/mol. The maximum Gasteiger partial charge on any atom is 0.244 e. The number of hydrogen-bond acceptors (Lipinski definition) is 2. The van der Waals surface area contributed by atoms with Gasteiger partial charge < -0.3 is 5.32 Å². The summed E-state index contributed by atoms with van der Waals surface area (Å²) in [6.45, 7) is 7.12. The molecule has 130 valence electrons. The van der Waals surface area contributed by atoms with E-state index >= 15 is 0 Å². The average Bonchev–Trinajstić information content (AvgIpc) is 2.84. The van der Waals surface area contributed by atoms with E-state index in [0.717, 1.165) is 23.4 Å². The Kier molecular flexibility index (Phi) is 6.85. The Morgan fingerprint density at radius 3 is 2.76 bits per heavy atom. The molecule has 0 aliphatic carbocycles. The number of carbonyl (C=O) groups excluding carboxylic acids is 1.